The van der Waals surface area contributed by atoms with E-state index in [0.717, 1.165) is 5.56 Å². The number of hydrogen-bond donors (Lipinski definition) is 3. The lowest BCUT2D eigenvalue weighted by Gasteiger charge is -2.20. The fourth-order valence-electron chi connectivity index (χ4n) is 2.12. The molecule has 0 aliphatic rings. The molecule has 2 aromatic carbocycles. The van der Waals surface area contributed by atoms with Gasteiger partial charge < -0.3 is 16.0 Å². The van der Waals surface area contributed by atoms with E-state index in [9.17, 15) is 9.59 Å². The van der Waals surface area contributed by atoms with Crippen LogP contribution in [0.15, 0.2) is 60.7 Å². The molecular formula is C18H21N3O2. The van der Waals surface area contributed by atoms with Crippen molar-refractivity contribution in [2.75, 3.05) is 5.32 Å². The van der Waals surface area contributed by atoms with Gasteiger partial charge in [-0.3, -0.25) is 4.79 Å². The number of amides is 3. The van der Waals surface area contributed by atoms with Gasteiger partial charge in [-0.05, 0) is 31.5 Å². The molecule has 3 amide bonds. The number of carbonyl (C=O) groups excluding carboxylic acids is 2. The molecule has 3 N–H and O–H groups in total. The number of para-hydroxylation sites is 1. The van der Waals surface area contributed by atoms with E-state index in [-0.39, 0.29) is 18.0 Å². The molecule has 1 unspecified atom stereocenters. The molecule has 120 valence electrons. The smallest absolute Gasteiger partial charge is 0.315 e. The topological polar surface area (TPSA) is 70.2 Å². The largest absolute Gasteiger partial charge is 0.336 e. The summed E-state index contributed by atoms with van der Waals surface area (Å²) in [6, 6.07) is 17.1. The normalized spacial score (nSPS) is 11.6. The highest BCUT2D eigenvalue weighted by molar-refractivity contribution is 5.97. The summed E-state index contributed by atoms with van der Waals surface area (Å²) in [5.41, 5.74) is 1.41. The predicted molar refractivity (Wildman–Crippen MR) is 91.1 cm³/mol. The quantitative estimate of drug-likeness (QED) is 0.794. The van der Waals surface area contributed by atoms with Crippen LogP contribution in [0.3, 0.4) is 0 Å². The van der Waals surface area contributed by atoms with Crippen molar-refractivity contribution in [3.63, 3.8) is 0 Å². The Kier molecular flexibility index (Phi) is 5.74. The number of benzene rings is 2. The van der Waals surface area contributed by atoms with Gasteiger partial charge in [-0.2, -0.15) is 0 Å². The minimum Gasteiger partial charge on any atom is -0.336 e. The van der Waals surface area contributed by atoms with Crippen molar-refractivity contribution >= 4 is 17.6 Å². The maximum Gasteiger partial charge on any atom is 0.315 e. The Hall–Kier alpha value is -2.82. The molecule has 23 heavy (non-hydrogen) atoms. The van der Waals surface area contributed by atoms with Crippen LogP contribution >= 0.6 is 0 Å². The molecule has 1 atom stereocenters. The number of anilines is 1. The lowest BCUT2D eigenvalue weighted by atomic mass is 10.1. The second-order valence-corrected chi connectivity index (χ2v) is 5.47. The van der Waals surface area contributed by atoms with Crippen LogP contribution in [0.4, 0.5) is 10.5 Å². The van der Waals surface area contributed by atoms with Crippen LogP contribution < -0.4 is 16.0 Å². The first kappa shape index (κ1) is 16.5. The molecule has 0 saturated heterocycles. The van der Waals surface area contributed by atoms with Crippen molar-refractivity contribution in [3.8, 4) is 0 Å². The van der Waals surface area contributed by atoms with Crippen molar-refractivity contribution < 1.29 is 9.59 Å². The summed E-state index contributed by atoms with van der Waals surface area (Å²) < 4.78 is 0. The Morgan fingerprint density at radius 1 is 0.826 bits per heavy atom. The number of hydrogen-bond acceptors (Lipinski definition) is 2. The van der Waals surface area contributed by atoms with E-state index < -0.39 is 6.04 Å². The van der Waals surface area contributed by atoms with E-state index in [1.54, 1.807) is 12.1 Å². The molecular weight excluding hydrogens is 290 g/mol. The lowest BCUT2D eigenvalue weighted by Crippen LogP contribution is -2.44. The molecule has 0 aliphatic heterocycles. The van der Waals surface area contributed by atoms with Crippen molar-refractivity contribution in [2.45, 2.75) is 25.9 Å². The first-order chi connectivity index (χ1) is 11.1. The van der Waals surface area contributed by atoms with Crippen molar-refractivity contribution in [1.29, 1.82) is 0 Å². The Labute approximate surface area is 136 Å². The number of nitrogens with one attached hydrogen (secondary N) is 3. The van der Waals surface area contributed by atoms with Gasteiger partial charge in [0.15, 0.2) is 0 Å². The third-order valence-electron chi connectivity index (χ3n) is 3.13. The van der Waals surface area contributed by atoms with Gasteiger partial charge in [-0.15, -0.1) is 0 Å². The van der Waals surface area contributed by atoms with Gasteiger partial charge in [-0.25, -0.2) is 4.79 Å². The molecule has 0 spiro atoms. The van der Waals surface area contributed by atoms with E-state index in [4.69, 9.17) is 0 Å². The second-order valence-electron chi connectivity index (χ2n) is 5.47. The monoisotopic (exact) mass is 311 g/mol. The Balaban J connectivity index is 2.16. The molecule has 2 aromatic rings. The van der Waals surface area contributed by atoms with Crippen LogP contribution in [0.5, 0.6) is 0 Å². The summed E-state index contributed by atoms with van der Waals surface area (Å²) in [7, 11) is 0. The van der Waals surface area contributed by atoms with E-state index in [2.05, 4.69) is 16.0 Å². The minimum atomic E-state index is -0.768. The van der Waals surface area contributed by atoms with E-state index in [1.807, 2.05) is 62.4 Å². The minimum absolute atomic E-state index is 0.0105. The lowest BCUT2D eigenvalue weighted by molar-refractivity contribution is -0.118. The maximum absolute atomic E-state index is 12.6. The third kappa shape index (κ3) is 5.14. The molecule has 0 aromatic heterocycles. The molecule has 2 rings (SSSR count). The highest BCUT2D eigenvalue weighted by Gasteiger charge is 2.22. The fourth-order valence-corrected chi connectivity index (χ4v) is 2.12. The van der Waals surface area contributed by atoms with E-state index in [1.165, 1.54) is 0 Å². The van der Waals surface area contributed by atoms with Crippen LogP contribution in [0.25, 0.3) is 0 Å². The van der Waals surface area contributed by atoms with Gasteiger partial charge in [-0.1, -0.05) is 48.5 Å². The van der Waals surface area contributed by atoms with Gasteiger partial charge in [0.05, 0.1) is 0 Å². The van der Waals surface area contributed by atoms with Crippen LogP contribution in [0.2, 0.25) is 0 Å². The average Bonchev–Trinajstić information content (AvgIpc) is 2.53. The first-order valence-electron chi connectivity index (χ1n) is 7.54. The molecule has 0 bridgehead atoms. The summed E-state index contributed by atoms with van der Waals surface area (Å²) in [5.74, 6) is -0.290. The van der Waals surface area contributed by atoms with Gasteiger partial charge in [0.1, 0.15) is 6.04 Å². The fraction of sp³-hybridized carbons (Fsp3) is 0.222. The molecule has 5 nitrogen and oxygen atoms in total. The summed E-state index contributed by atoms with van der Waals surface area (Å²) in [6.07, 6.45) is 0. The van der Waals surface area contributed by atoms with Crippen molar-refractivity contribution in [1.82, 2.24) is 10.6 Å². The third-order valence-corrected chi connectivity index (χ3v) is 3.13. The predicted octanol–water partition coefficient (Wildman–Crippen LogP) is 3.07. The van der Waals surface area contributed by atoms with E-state index >= 15 is 0 Å². The molecule has 0 radical (unpaired) electrons. The average molecular weight is 311 g/mol. The summed E-state index contributed by atoms with van der Waals surface area (Å²) in [4.78, 5) is 24.6. The zero-order valence-electron chi connectivity index (χ0n) is 13.2. The van der Waals surface area contributed by atoms with Gasteiger partial charge in [0.25, 0.3) is 5.91 Å². The Bertz CT molecular complexity index is 642. The van der Waals surface area contributed by atoms with Gasteiger partial charge >= 0.3 is 6.03 Å². The number of rotatable bonds is 5. The summed E-state index contributed by atoms with van der Waals surface area (Å²) >= 11 is 0. The van der Waals surface area contributed by atoms with Crippen LogP contribution in [-0.4, -0.2) is 18.0 Å². The zero-order chi connectivity index (χ0) is 16.7. The number of carbonyl (C=O) groups is 2. The highest BCUT2D eigenvalue weighted by atomic mass is 16.2. The maximum atomic E-state index is 12.6. The van der Waals surface area contributed by atoms with Gasteiger partial charge in [0.2, 0.25) is 0 Å². The van der Waals surface area contributed by atoms with Crippen LogP contribution in [0.1, 0.15) is 25.5 Å². The van der Waals surface area contributed by atoms with Crippen molar-refractivity contribution in [3.05, 3.63) is 66.2 Å². The summed E-state index contributed by atoms with van der Waals surface area (Å²) in [5, 5.41) is 8.27. The standard InChI is InChI=1S/C18H21N3O2/c1-13(2)19-18(23)21-16(14-9-5-3-6-10-14)17(22)20-15-11-7-4-8-12-15/h3-13,16H,1-2H3,(H,20,22)(H2,19,21,23). The van der Waals surface area contributed by atoms with Crippen LogP contribution in [0, 0.1) is 0 Å². The Morgan fingerprint density at radius 2 is 1.39 bits per heavy atom. The zero-order valence-corrected chi connectivity index (χ0v) is 13.2. The SMILES string of the molecule is CC(C)NC(=O)NC(C(=O)Nc1ccccc1)c1ccccc1. The summed E-state index contributed by atoms with van der Waals surface area (Å²) in [6.45, 7) is 3.72. The molecule has 5 heteroatoms. The molecule has 0 aliphatic carbocycles. The molecule has 0 fully saturated rings. The van der Waals surface area contributed by atoms with Crippen molar-refractivity contribution in [2.24, 2.45) is 0 Å². The highest BCUT2D eigenvalue weighted by Crippen LogP contribution is 2.16. The Morgan fingerprint density at radius 3 is 1.96 bits per heavy atom. The molecule has 0 saturated carbocycles. The number of urea groups is 1. The molecule has 0 heterocycles. The van der Waals surface area contributed by atoms with Gasteiger partial charge in [0, 0.05) is 11.7 Å². The second kappa shape index (κ2) is 7.98. The van der Waals surface area contributed by atoms with Crippen LogP contribution in [-0.2, 0) is 4.79 Å². The van der Waals surface area contributed by atoms with E-state index in [0.29, 0.717) is 5.69 Å². The first-order valence-corrected chi connectivity index (χ1v) is 7.54.